The second-order valence-electron chi connectivity index (χ2n) is 1.99. The molecule has 0 aliphatic rings. The molecule has 0 fully saturated rings. The van der Waals surface area contributed by atoms with Crippen LogP contribution in [-0.2, 0) is 0 Å². The number of benzene rings is 1. The zero-order valence-electron chi connectivity index (χ0n) is 5.59. The number of rotatable bonds is 1. The van der Waals surface area contributed by atoms with E-state index in [4.69, 9.17) is 23.2 Å². The van der Waals surface area contributed by atoms with Gasteiger partial charge < -0.3 is 0 Å². The molecule has 0 aliphatic carbocycles. The molecule has 1 aromatic rings. The van der Waals surface area contributed by atoms with Gasteiger partial charge in [0.25, 0.3) is 0 Å². The molecule has 0 heterocycles. The van der Waals surface area contributed by atoms with Crippen molar-refractivity contribution in [3.8, 4) is 0 Å². The average molecular weight is 205 g/mol. The van der Waals surface area contributed by atoms with Crippen molar-refractivity contribution in [2.45, 2.75) is 0 Å². The molecule has 0 saturated carbocycles. The smallest absolute Gasteiger partial charge is 0.0598 e. The van der Waals surface area contributed by atoms with Crippen LogP contribution in [-0.4, -0.2) is 0 Å². The normalized spacial score (nSPS) is 10.8. The number of hydrogen-bond donors (Lipinski definition) is 1. The summed E-state index contributed by atoms with van der Waals surface area (Å²) in [7, 11) is 0. The van der Waals surface area contributed by atoms with Crippen LogP contribution in [0.1, 0.15) is 5.56 Å². The standard InChI is InChI=1S/C8H6Cl2S/c9-7-2-1-6(3-4-11)5-8(7)10/h1-5,11H/b4-3+. The van der Waals surface area contributed by atoms with Gasteiger partial charge in [0.2, 0.25) is 0 Å². The van der Waals surface area contributed by atoms with E-state index in [9.17, 15) is 0 Å². The molecule has 0 unspecified atom stereocenters. The molecule has 0 N–H and O–H groups in total. The first kappa shape index (κ1) is 8.98. The Morgan fingerprint density at radius 1 is 1.18 bits per heavy atom. The maximum atomic E-state index is 5.76. The molecule has 58 valence electrons. The van der Waals surface area contributed by atoms with Crippen LogP contribution in [0, 0.1) is 0 Å². The molecule has 0 nitrogen and oxygen atoms in total. The summed E-state index contributed by atoms with van der Waals surface area (Å²) < 4.78 is 0. The van der Waals surface area contributed by atoms with Crippen molar-refractivity contribution in [1.29, 1.82) is 0 Å². The molecular formula is C8H6Cl2S. The van der Waals surface area contributed by atoms with Crippen LogP contribution in [0.2, 0.25) is 10.0 Å². The minimum atomic E-state index is 0.565. The average Bonchev–Trinajstić information content (AvgIpc) is 1.98. The fraction of sp³-hybridized carbons (Fsp3) is 0. The van der Waals surface area contributed by atoms with Crippen LogP contribution in [0.5, 0.6) is 0 Å². The van der Waals surface area contributed by atoms with Crippen molar-refractivity contribution in [2.75, 3.05) is 0 Å². The largest absolute Gasteiger partial charge is 0.151 e. The Balaban J connectivity index is 3.05. The third-order valence-corrected chi connectivity index (χ3v) is 2.10. The zero-order valence-corrected chi connectivity index (χ0v) is 8.00. The SMILES string of the molecule is S/C=C/c1ccc(Cl)c(Cl)c1. The van der Waals surface area contributed by atoms with Gasteiger partial charge in [0.15, 0.2) is 0 Å². The van der Waals surface area contributed by atoms with Gasteiger partial charge in [-0.1, -0.05) is 29.3 Å². The van der Waals surface area contributed by atoms with Gasteiger partial charge in [-0.2, -0.15) is 12.6 Å². The summed E-state index contributed by atoms with van der Waals surface area (Å²) in [5, 5.41) is 2.79. The highest BCUT2D eigenvalue weighted by Gasteiger charge is 1.95. The van der Waals surface area contributed by atoms with Crippen LogP contribution < -0.4 is 0 Å². The first-order valence-electron chi connectivity index (χ1n) is 3.00. The lowest BCUT2D eigenvalue weighted by Crippen LogP contribution is -1.72. The Kier molecular flexibility index (Phi) is 3.31. The molecule has 0 atom stereocenters. The lowest BCUT2D eigenvalue weighted by Gasteiger charge is -1.95. The summed E-state index contributed by atoms with van der Waals surface area (Å²) in [6, 6.07) is 5.42. The Hall–Kier alpha value is -0.110. The van der Waals surface area contributed by atoms with Crippen LogP contribution in [0.15, 0.2) is 23.6 Å². The summed E-state index contributed by atoms with van der Waals surface area (Å²) in [6.07, 6.45) is 1.84. The monoisotopic (exact) mass is 204 g/mol. The van der Waals surface area contributed by atoms with E-state index in [1.807, 2.05) is 12.1 Å². The molecule has 0 radical (unpaired) electrons. The van der Waals surface area contributed by atoms with E-state index in [0.717, 1.165) is 5.56 Å². The van der Waals surface area contributed by atoms with Gasteiger partial charge in [0.1, 0.15) is 0 Å². The molecular weight excluding hydrogens is 199 g/mol. The maximum Gasteiger partial charge on any atom is 0.0598 e. The minimum Gasteiger partial charge on any atom is -0.151 e. The van der Waals surface area contributed by atoms with Gasteiger partial charge in [-0.05, 0) is 29.2 Å². The highest BCUT2D eigenvalue weighted by atomic mass is 35.5. The van der Waals surface area contributed by atoms with Gasteiger partial charge in [-0.25, -0.2) is 0 Å². The van der Waals surface area contributed by atoms with Crippen LogP contribution >= 0.6 is 35.8 Å². The number of thiol groups is 1. The Morgan fingerprint density at radius 3 is 2.45 bits per heavy atom. The molecule has 0 aromatic heterocycles. The zero-order chi connectivity index (χ0) is 8.27. The first-order chi connectivity index (χ1) is 5.24. The van der Waals surface area contributed by atoms with Crippen molar-refractivity contribution in [1.82, 2.24) is 0 Å². The van der Waals surface area contributed by atoms with Gasteiger partial charge >= 0.3 is 0 Å². The fourth-order valence-corrected chi connectivity index (χ4v) is 1.18. The van der Waals surface area contributed by atoms with Crippen molar-refractivity contribution in [2.24, 2.45) is 0 Å². The Labute approximate surface area is 81.2 Å². The Bertz CT molecular complexity index is 281. The van der Waals surface area contributed by atoms with Crippen LogP contribution in [0.25, 0.3) is 6.08 Å². The highest BCUT2D eigenvalue weighted by Crippen LogP contribution is 2.23. The lowest BCUT2D eigenvalue weighted by molar-refractivity contribution is 1.66. The number of hydrogen-bond acceptors (Lipinski definition) is 1. The summed E-state index contributed by atoms with van der Waals surface area (Å²) in [5.41, 5.74) is 0.995. The second-order valence-corrected chi connectivity index (χ2v) is 3.10. The summed E-state index contributed by atoms with van der Waals surface area (Å²) >= 11 is 15.4. The maximum absolute atomic E-state index is 5.76. The summed E-state index contributed by atoms with van der Waals surface area (Å²) in [5.74, 6) is 0. The summed E-state index contributed by atoms with van der Waals surface area (Å²) in [4.78, 5) is 0. The van der Waals surface area contributed by atoms with E-state index >= 15 is 0 Å². The molecule has 11 heavy (non-hydrogen) atoms. The van der Waals surface area contributed by atoms with E-state index in [1.54, 1.807) is 17.5 Å². The topological polar surface area (TPSA) is 0 Å². The second kappa shape index (κ2) is 4.05. The van der Waals surface area contributed by atoms with Crippen molar-refractivity contribution < 1.29 is 0 Å². The van der Waals surface area contributed by atoms with E-state index in [-0.39, 0.29) is 0 Å². The van der Waals surface area contributed by atoms with E-state index < -0.39 is 0 Å². The van der Waals surface area contributed by atoms with E-state index in [1.165, 1.54) is 0 Å². The van der Waals surface area contributed by atoms with Crippen LogP contribution in [0.4, 0.5) is 0 Å². The number of halogens is 2. The van der Waals surface area contributed by atoms with Crippen molar-refractivity contribution >= 4 is 41.9 Å². The molecule has 0 saturated heterocycles. The van der Waals surface area contributed by atoms with Gasteiger partial charge in [-0.3, -0.25) is 0 Å². The molecule has 0 amide bonds. The van der Waals surface area contributed by atoms with E-state index in [2.05, 4.69) is 12.6 Å². The van der Waals surface area contributed by atoms with E-state index in [0.29, 0.717) is 10.0 Å². The molecule has 1 rings (SSSR count). The van der Waals surface area contributed by atoms with Crippen molar-refractivity contribution in [3.05, 3.63) is 39.2 Å². The third kappa shape index (κ3) is 2.44. The highest BCUT2D eigenvalue weighted by molar-refractivity contribution is 7.83. The molecule has 3 heteroatoms. The fourth-order valence-electron chi connectivity index (χ4n) is 0.702. The summed E-state index contributed by atoms with van der Waals surface area (Å²) in [6.45, 7) is 0. The lowest BCUT2D eigenvalue weighted by atomic mass is 10.2. The van der Waals surface area contributed by atoms with Gasteiger partial charge in [0.05, 0.1) is 10.0 Å². The molecule has 1 aromatic carbocycles. The minimum absolute atomic E-state index is 0.565. The van der Waals surface area contributed by atoms with Gasteiger partial charge in [-0.15, -0.1) is 0 Å². The predicted molar refractivity (Wildman–Crippen MR) is 54.5 cm³/mol. The van der Waals surface area contributed by atoms with Crippen LogP contribution in [0.3, 0.4) is 0 Å². The molecule has 0 bridgehead atoms. The molecule has 0 aliphatic heterocycles. The Morgan fingerprint density at radius 2 is 1.91 bits per heavy atom. The quantitative estimate of drug-likeness (QED) is 0.660. The van der Waals surface area contributed by atoms with Crippen molar-refractivity contribution in [3.63, 3.8) is 0 Å². The third-order valence-electron chi connectivity index (χ3n) is 1.21. The predicted octanol–water partition coefficient (Wildman–Crippen LogP) is 3.89. The van der Waals surface area contributed by atoms with Gasteiger partial charge in [0, 0.05) is 0 Å². The molecule has 0 spiro atoms. The first-order valence-corrected chi connectivity index (χ1v) is 4.27.